The highest BCUT2D eigenvalue weighted by Crippen LogP contribution is 2.24. The van der Waals surface area contributed by atoms with Crippen LogP contribution >= 0.6 is 0 Å². The maximum atomic E-state index is 13.2. The van der Waals surface area contributed by atoms with E-state index in [1.54, 1.807) is 12.1 Å². The lowest BCUT2D eigenvalue weighted by atomic mass is 10.00. The Morgan fingerprint density at radius 2 is 2.11 bits per heavy atom. The van der Waals surface area contributed by atoms with Crippen LogP contribution in [-0.2, 0) is 0 Å². The molecule has 1 aromatic rings. The molecule has 0 aromatic heterocycles. The van der Waals surface area contributed by atoms with Crippen LogP contribution in [0.1, 0.15) is 38.3 Å². The molecule has 0 bridgehead atoms. The molecule has 0 aliphatic carbocycles. The Morgan fingerprint density at radius 1 is 1.39 bits per heavy atom. The van der Waals surface area contributed by atoms with Gasteiger partial charge in [-0.3, -0.25) is 4.90 Å². The highest BCUT2D eigenvalue weighted by atomic mass is 19.1. The van der Waals surface area contributed by atoms with Crippen LogP contribution in [0.5, 0.6) is 0 Å². The van der Waals surface area contributed by atoms with E-state index in [2.05, 4.69) is 24.1 Å². The van der Waals surface area contributed by atoms with Crippen molar-refractivity contribution < 1.29 is 4.39 Å². The van der Waals surface area contributed by atoms with Crippen molar-refractivity contribution in [1.82, 2.24) is 10.2 Å². The van der Waals surface area contributed by atoms with Gasteiger partial charge in [0.05, 0.1) is 0 Å². The molecule has 1 N–H and O–H groups in total. The smallest absolute Gasteiger partial charge is 0.123 e. The lowest BCUT2D eigenvalue weighted by Crippen LogP contribution is -2.43. The molecule has 1 unspecified atom stereocenters. The van der Waals surface area contributed by atoms with E-state index in [4.69, 9.17) is 0 Å². The largest absolute Gasteiger partial charge is 0.314 e. The van der Waals surface area contributed by atoms with Crippen molar-refractivity contribution in [3.63, 3.8) is 0 Å². The average molecular weight is 250 g/mol. The first kappa shape index (κ1) is 13.5. The van der Waals surface area contributed by atoms with Gasteiger partial charge in [-0.2, -0.15) is 0 Å². The number of hydrogen-bond acceptors (Lipinski definition) is 2. The quantitative estimate of drug-likeness (QED) is 0.884. The van der Waals surface area contributed by atoms with Gasteiger partial charge in [-0.15, -0.1) is 0 Å². The first-order valence-electron chi connectivity index (χ1n) is 6.93. The Bertz CT molecular complexity index is 373. The maximum Gasteiger partial charge on any atom is 0.123 e. The molecule has 0 saturated carbocycles. The molecule has 0 radical (unpaired) electrons. The van der Waals surface area contributed by atoms with Crippen LogP contribution in [0.25, 0.3) is 0 Å². The summed E-state index contributed by atoms with van der Waals surface area (Å²) < 4.78 is 13.2. The highest BCUT2D eigenvalue weighted by molar-refractivity contribution is 5.19. The van der Waals surface area contributed by atoms with Crippen LogP contribution in [0, 0.1) is 5.82 Å². The van der Waals surface area contributed by atoms with Crippen molar-refractivity contribution in [2.24, 2.45) is 0 Å². The third-order valence-corrected chi connectivity index (χ3v) is 3.90. The van der Waals surface area contributed by atoms with E-state index in [1.165, 1.54) is 18.9 Å². The molecular weight excluding hydrogens is 227 g/mol. The van der Waals surface area contributed by atoms with Crippen LogP contribution < -0.4 is 5.32 Å². The van der Waals surface area contributed by atoms with Gasteiger partial charge in [0.1, 0.15) is 5.82 Å². The van der Waals surface area contributed by atoms with Gasteiger partial charge in [0.15, 0.2) is 0 Å². The van der Waals surface area contributed by atoms with Crippen molar-refractivity contribution in [1.29, 1.82) is 0 Å². The summed E-state index contributed by atoms with van der Waals surface area (Å²) >= 11 is 0. The van der Waals surface area contributed by atoms with Crippen molar-refractivity contribution in [3.8, 4) is 0 Å². The van der Waals surface area contributed by atoms with E-state index in [0.717, 1.165) is 25.2 Å². The van der Waals surface area contributed by atoms with Gasteiger partial charge in [-0.1, -0.05) is 19.1 Å². The SMILES string of the molecule is CCNC1CCN(C(C)c2cccc(F)c2)CC1. The monoisotopic (exact) mass is 250 g/mol. The summed E-state index contributed by atoms with van der Waals surface area (Å²) in [6, 6.07) is 7.94. The Kier molecular flexibility index (Phi) is 4.72. The lowest BCUT2D eigenvalue weighted by Gasteiger charge is -2.36. The van der Waals surface area contributed by atoms with Crippen LogP contribution in [-0.4, -0.2) is 30.6 Å². The predicted molar refractivity (Wildman–Crippen MR) is 73.1 cm³/mol. The molecule has 1 atom stereocenters. The molecule has 0 spiro atoms. The number of nitrogens with zero attached hydrogens (tertiary/aromatic N) is 1. The predicted octanol–water partition coefficient (Wildman–Crippen LogP) is 2.96. The van der Waals surface area contributed by atoms with Gasteiger partial charge in [-0.25, -0.2) is 4.39 Å². The zero-order chi connectivity index (χ0) is 13.0. The van der Waals surface area contributed by atoms with Gasteiger partial charge in [0.2, 0.25) is 0 Å². The number of piperidine rings is 1. The Morgan fingerprint density at radius 3 is 2.72 bits per heavy atom. The molecule has 0 amide bonds. The molecule has 18 heavy (non-hydrogen) atoms. The molecule has 1 aliphatic heterocycles. The van der Waals surface area contributed by atoms with E-state index >= 15 is 0 Å². The number of nitrogens with one attached hydrogen (secondary N) is 1. The highest BCUT2D eigenvalue weighted by Gasteiger charge is 2.22. The maximum absolute atomic E-state index is 13.2. The molecule has 1 fully saturated rings. The lowest BCUT2D eigenvalue weighted by molar-refractivity contribution is 0.153. The third kappa shape index (κ3) is 3.30. The van der Waals surface area contributed by atoms with E-state index < -0.39 is 0 Å². The Balaban J connectivity index is 1.93. The van der Waals surface area contributed by atoms with Gasteiger partial charge in [0, 0.05) is 25.2 Å². The zero-order valence-electron chi connectivity index (χ0n) is 11.3. The van der Waals surface area contributed by atoms with Crippen LogP contribution in [0.4, 0.5) is 4.39 Å². The summed E-state index contributed by atoms with van der Waals surface area (Å²) in [6.07, 6.45) is 2.38. The van der Waals surface area contributed by atoms with E-state index in [1.807, 2.05) is 6.07 Å². The molecule has 100 valence electrons. The molecule has 1 heterocycles. The summed E-state index contributed by atoms with van der Waals surface area (Å²) in [5.41, 5.74) is 1.08. The van der Waals surface area contributed by atoms with Crippen molar-refractivity contribution in [2.45, 2.75) is 38.8 Å². The Hall–Kier alpha value is -0.930. The van der Waals surface area contributed by atoms with Gasteiger partial charge >= 0.3 is 0 Å². The van der Waals surface area contributed by atoms with Crippen LogP contribution in [0.2, 0.25) is 0 Å². The Labute approximate surface area is 109 Å². The summed E-state index contributed by atoms with van der Waals surface area (Å²) in [5.74, 6) is -0.137. The summed E-state index contributed by atoms with van der Waals surface area (Å²) in [7, 11) is 0. The molecule has 3 heteroatoms. The summed E-state index contributed by atoms with van der Waals surface area (Å²) in [6.45, 7) is 7.55. The first-order valence-corrected chi connectivity index (χ1v) is 6.93. The van der Waals surface area contributed by atoms with E-state index in [-0.39, 0.29) is 5.82 Å². The molecular formula is C15H23FN2. The fraction of sp³-hybridized carbons (Fsp3) is 0.600. The van der Waals surface area contributed by atoms with E-state index in [0.29, 0.717) is 12.1 Å². The third-order valence-electron chi connectivity index (χ3n) is 3.90. The average Bonchev–Trinajstić information content (AvgIpc) is 2.39. The zero-order valence-corrected chi connectivity index (χ0v) is 11.3. The van der Waals surface area contributed by atoms with Crippen molar-refractivity contribution >= 4 is 0 Å². The second-order valence-electron chi connectivity index (χ2n) is 5.10. The summed E-state index contributed by atoms with van der Waals surface area (Å²) in [5, 5.41) is 3.51. The van der Waals surface area contributed by atoms with Crippen molar-refractivity contribution in [2.75, 3.05) is 19.6 Å². The minimum atomic E-state index is -0.137. The molecule has 2 nitrogen and oxygen atoms in total. The number of hydrogen-bond donors (Lipinski definition) is 1. The van der Waals surface area contributed by atoms with Crippen LogP contribution in [0.3, 0.4) is 0 Å². The van der Waals surface area contributed by atoms with Gasteiger partial charge < -0.3 is 5.32 Å². The van der Waals surface area contributed by atoms with Gasteiger partial charge in [0.25, 0.3) is 0 Å². The number of benzene rings is 1. The second kappa shape index (κ2) is 6.30. The fourth-order valence-corrected chi connectivity index (χ4v) is 2.76. The second-order valence-corrected chi connectivity index (χ2v) is 5.10. The minimum Gasteiger partial charge on any atom is -0.314 e. The molecule has 1 saturated heterocycles. The topological polar surface area (TPSA) is 15.3 Å². The summed E-state index contributed by atoms with van der Waals surface area (Å²) in [4.78, 5) is 2.45. The molecule has 2 rings (SSSR count). The van der Waals surface area contributed by atoms with E-state index in [9.17, 15) is 4.39 Å². The van der Waals surface area contributed by atoms with Gasteiger partial charge in [-0.05, 0) is 44.0 Å². The van der Waals surface area contributed by atoms with Crippen LogP contribution in [0.15, 0.2) is 24.3 Å². The first-order chi connectivity index (χ1) is 8.70. The number of halogens is 1. The molecule has 1 aromatic carbocycles. The molecule has 1 aliphatic rings. The fourth-order valence-electron chi connectivity index (χ4n) is 2.76. The number of rotatable bonds is 4. The normalized spacial score (nSPS) is 19.9. The van der Waals surface area contributed by atoms with Crippen molar-refractivity contribution in [3.05, 3.63) is 35.6 Å². The standard InChI is InChI=1S/C15H23FN2/c1-3-17-15-7-9-18(10-8-15)12(2)13-5-4-6-14(16)11-13/h4-6,11-12,15,17H,3,7-10H2,1-2H3. The minimum absolute atomic E-state index is 0.137. The number of likely N-dealkylation sites (tertiary alicyclic amines) is 1.